The number of benzene rings is 2. The van der Waals surface area contributed by atoms with Gasteiger partial charge < -0.3 is 20.1 Å². The number of amides is 1. The Balaban J connectivity index is 0.00000408. The molecule has 0 saturated heterocycles. The lowest BCUT2D eigenvalue weighted by Gasteiger charge is -2.16. The Morgan fingerprint density at radius 2 is 1.79 bits per heavy atom. The summed E-state index contributed by atoms with van der Waals surface area (Å²) in [4.78, 5) is 16.5. The fourth-order valence-electron chi connectivity index (χ4n) is 3.12. The topological polar surface area (TPSA) is 72.5 Å². The molecular weight excluding hydrogens is 471 g/mol. The van der Waals surface area contributed by atoms with Crippen molar-refractivity contribution < 1.29 is 27.4 Å². The second-order valence-electron chi connectivity index (χ2n) is 7.22. The molecule has 0 aliphatic carbocycles. The zero-order valence-electron chi connectivity index (χ0n) is 18.6. The minimum absolute atomic E-state index is 0. The first kappa shape index (κ1) is 26.9. The van der Waals surface area contributed by atoms with Crippen LogP contribution in [0.25, 0.3) is 0 Å². The Hall–Kier alpha value is -3.30. The highest BCUT2D eigenvalue weighted by Crippen LogP contribution is 2.34. The molecule has 0 saturated carbocycles. The lowest BCUT2D eigenvalue weighted by Crippen LogP contribution is -2.22. The van der Waals surface area contributed by atoms with Crippen LogP contribution in [0.4, 0.5) is 18.9 Å². The molecule has 1 unspecified atom stereocenters. The third-order valence-electron chi connectivity index (χ3n) is 4.84. The maximum atomic E-state index is 13.1. The molecular formula is C24H25ClF3N3O3. The number of pyridine rings is 1. The number of anilines is 1. The second-order valence-corrected chi connectivity index (χ2v) is 7.22. The van der Waals surface area contributed by atoms with Gasteiger partial charge in [0.2, 0.25) is 0 Å². The lowest BCUT2D eigenvalue weighted by atomic mass is 10.1. The number of hydrogen-bond donors (Lipinski definition) is 2. The molecule has 34 heavy (non-hydrogen) atoms. The molecule has 0 aliphatic rings. The summed E-state index contributed by atoms with van der Waals surface area (Å²) < 4.78 is 50.1. The quantitative estimate of drug-likeness (QED) is 0.416. The number of methoxy groups -OCH3 is 1. The average molecular weight is 496 g/mol. The third-order valence-corrected chi connectivity index (χ3v) is 4.84. The molecule has 3 aromatic rings. The number of carbonyl (C=O) groups is 1. The smallest absolute Gasteiger partial charge is 0.418 e. The highest BCUT2D eigenvalue weighted by atomic mass is 35.5. The molecule has 1 heterocycles. The van der Waals surface area contributed by atoms with E-state index in [9.17, 15) is 18.0 Å². The number of ether oxygens (including phenoxy) is 2. The van der Waals surface area contributed by atoms with Crippen molar-refractivity contribution in [3.63, 3.8) is 0 Å². The maximum absolute atomic E-state index is 13.1. The van der Waals surface area contributed by atoms with E-state index in [1.54, 1.807) is 18.3 Å². The lowest BCUT2D eigenvalue weighted by molar-refractivity contribution is -0.137. The summed E-state index contributed by atoms with van der Waals surface area (Å²) in [5, 5.41) is 5.61. The van der Waals surface area contributed by atoms with E-state index >= 15 is 0 Å². The molecule has 6 nitrogen and oxygen atoms in total. The van der Waals surface area contributed by atoms with Gasteiger partial charge in [-0.25, -0.2) is 0 Å². The summed E-state index contributed by atoms with van der Waals surface area (Å²) in [6.45, 7) is 2.08. The Kier molecular flexibility index (Phi) is 9.70. The number of rotatable bonds is 9. The van der Waals surface area contributed by atoms with Crippen molar-refractivity contribution in [1.82, 2.24) is 10.3 Å². The molecule has 10 heteroatoms. The number of nitrogens with one attached hydrogen (secondary N) is 2. The fraction of sp³-hybridized carbons (Fsp3) is 0.250. The molecule has 2 N–H and O–H groups in total. The second kappa shape index (κ2) is 12.2. The molecule has 0 spiro atoms. The van der Waals surface area contributed by atoms with Crippen LogP contribution in [0.5, 0.6) is 11.5 Å². The molecule has 182 valence electrons. The van der Waals surface area contributed by atoms with E-state index in [1.807, 2.05) is 31.2 Å². The van der Waals surface area contributed by atoms with Gasteiger partial charge in [-0.15, -0.1) is 12.4 Å². The summed E-state index contributed by atoms with van der Waals surface area (Å²) in [6, 6.07) is 15.8. The van der Waals surface area contributed by atoms with Gasteiger partial charge in [0.1, 0.15) is 0 Å². The van der Waals surface area contributed by atoms with Crippen molar-refractivity contribution in [2.45, 2.75) is 25.7 Å². The van der Waals surface area contributed by atoms with Crippen LogP contribution >= 0.6 is 12.4 Å². The fourth-order valence-corrected chi connectivity index (χ4v) is 3.12. The highest BCUT2D eigenvalue weighted by molar-refractivity contribution is 5.92. The summed E-state index contributed by atoms with van der Waals surface area (Å²) in [5.74, 6) is -0.00903. The first-order valence-corrected chi connectivity index (χ1v) is 10.2. The predicted molar refractivity (Wildman–Crippen MR) is 125 cm³/mol. The third kappa shape index (κ3) is 7.36. The minimum atomic E-state index is -4.58. The Morgan fingerprint density at radius 3 is 2.47 bits per heavy atom. The van der Waals surface area contributed by atoms with Crippen molar-refractivity contribution in [3.8, 4) is 11.5 Å². The molecule has 1 amide bonds. The first-order chi connectivity index (χ1) is 15.8. The van der Waals surface area contributed by atoms with Gasteiger partial charge in [-0.05, 0) is 48.9 Å². The average Bonchev–Trinajstić information content (AvgIpc) is 2.81. The van der Waals surface area contributed by atoms with E-state index in [4.69, 9.17) is 9.47 Å². The highest BCUT2D eigenvalue weighted by Gasteiger charge is 2.33. The molecule has 1 atom stereocenters. The molecule has 3 rings (SSSR count). The van der Waals surface area contributed by atoms with Crippen molar-refractivity contribution in [3.05, 3.63) is 83.7 Å². The van der Waals surface area contributed by atoms with E-state index in [2.05, 4.69) is 15.6 Å². The van der Waals surface area contributed by atoms with Gasteiger partial charge in [0.15, 0.2) is 18.1 Å². The number of aromatic nitrogens is 1. The van der Waals surface area contributed by atoms with Crippen LogP contribution in [0, 0.1) is 0 Å². The van der Waals surface area contributed by atoms with Crippen LogP contribution in [0.1, 0.15) is 29.8 Å². The molecule has 0 radical (unpaired) electrons. The maximum Gasteiger partial charge on any atom is 0.418 e. The van der Waals surface area contributed by atoms with Gasteiger partial charge in [-0.1, -0.05) is 24.3 Å². The number of carbonyl (C=O) groups excluding carboxylic acids is 1. The van der Waals surface area contributed by atoms with Gasteiger partial charge in [-0.2, -0.15) is 13.2 Å². The van der Waals surface area contributed by atoms with Crippen molar-refractivity contribution in [2.75, 3.05) is 19.0 Å². The minimum Gasteiger partial charge on any atom is -0.493 e. The van der Waals surface area contributed by atoms with Crippen LogP contribution in [-0.2, 0) is 17.5 Å². The Labute approximate surface area is 201 Å². The number of halogens is 4. The summed E-state index contributed by atoms with van der Waals surface area (Å²) in [6.07, 6.45) is -2.84. The summed E-state index contributed by atoms with van der Waals surface area (Å²) >= 11 is 0. The van der Waals surface area contributed by atoms with Crippen LogP contribution in [-0.4, -0.2) is 24.6 Å². The predicted octanol–water partition coefficient (Wildman–Crippen LogP) is 5.40. The van der Waals surface area contributed by atoms with E-state index in [0.29, 0.717) is 18.0 Å². The molecule has 0 aliphatic heterocycles. The molecule has 2 aromatic carbocycles. The normalized spacial score (nSPS) is 11.8. The van der Waals surface area contributed by atoms with Crippen molar-refractivity contribution in [2.24, 2.45) is 0 Å². The number of para-hydroxylation sites is 1. The standard InChI is InChI=1S/C24H24F3N3O3.ClH/c1-16(19-8-5-6-12-28-19)29-14-17-10-11-21(22(13-17)32-2)33-15-23(31)30-20-9-4-3-7-18(20)24(25,26)27;/h3-13,16,29H,14-15H2,1-2H3,(H,30,31);1H. The SMILES string of the molecule is COc1cc(CNC(C)c2ccccn2)ccc1OCC(=O)Nc1ccccc1C(F)(F)F.Cl. The molecule has 0 bridgehead atoms. The summed E-state index contributed by atoms with van der Waals surface area (Å²) in [7, 11) is 1.47. The number of hydrogen-bond acceptors (Lipinski definition) is 5. The van der Waals surface area contributed by atoms with Crippen LogP contribution < -0.4 is 20.1 Å². The Morgan fingerprint density at radius 1 is 1.06 bits per heavy atom. The van der Waals surface area contributed by atoms with Gasteiger partial charge in [0.05, 0.1) is 24.1 Å². The largest absolute Gasteiger partial charge is 0.493 e. The van der Waals surface area contributed by atoms with E-state index in [1.165, 1.54) is 25.3 Å². The van der Waals surface area contributed by atoms with E-state index in [-0.39, 0.29) is 24.1 Å². The van der Waals surface area contributed by atoms with Crippen LogP contribution in [0.2, 0.25) is 0 Å². The van der Waals surface area contributed by atoms with Crippen LogP contribution in [0.15, 0.2) is 66.9 Å². The number of nitrogens with zero attached hydrogens (tertiary/aromatic N) is 1. The van der Waals surface area contributed by atoms with Crippen molar-refractivity contribution in [1.29, 1.82) is 0 Å². The van der Waals surface area contributed by atoms with E-state index in [0.717, 1.165) is 17.3 Å². The van der Waals surface area contributed by atoms with Gasteiger partial charge in [-0.3, -0.25) is 9.78 Å². The molecule has 0 fully saturated rings. The zero-order chi connectivity index (χ0) is 23.8. The van der Waals surface area contributed by atoms with Crippen LogP contribution in [0.3, 0.4) is 0 Å². The summed E-state index contributed by atoms with van der Waals surface area (Å²) in [5.41, 5.74) is 0.592. The Bertz CT molecular complexity index is 1080. The van der Waals surface area contributed by atoms with Gasteiger partial charge in [0.25, 0.3) is 5.91 Å². The number of alkyl halides is 3. The zero-order valence-corrected chi connectivity index (χ0v) is 19.4. The van der Waals surface area contributed by atoms with Gasteiger partial charge >= 0.3 is 6.18 Å². The van der Waals surface area contributed by atoms with Gasteiger partial charge in [0, 0.05) is 18.8 Å². The first-order valence-electron chi connectivity index (χ1n) is 10.2. The van der Waals surface area contributed by atoms with Crippen molar-refractivity contribution >= 4 is 24.0 Å². The monoisotopic (exact) mass is 495 g/mol. The molecule has 1 aromatic heterocycles. The van der Waals surface area contributed by atoms with E-state index < -0.39 is 24.3 Å².